The molecule has 8 heteroatoms. The predicted octanol–water partition coefficient (Wildman–Crippen LogP) is 2.47. The summed E-state index contributed by atoms with van der Waals surface area (Å²) in [6.07, 6.45) is 0. The van der Waals surface area contributed by atoms with Gasteiger partial charge in [0, 0.05) is 22.1 Å². The highest BCUT2D eigenvalue weighted by molar-refractivity contribution is 9.10. The third-order valence-corrected chi connectivity index (χ3v) is 3.88. The topological polar surface area (TPSA) is 63.2 Å². The highest BCUT2D eigenvalue weighted by atomic mass is 79.9. The van der Waals surface area contributed by atoms with Crippen molar-refractivity contribution in [2.45, 2.75) is 11.8 Å². The first kappa shape index (κ1) is 13.4. The Morgan fingerprint density at radius 3 is 2.50 bits per heavy atom. The van der Waals surface area contributed by atoms with Crippen molar-refractivity contribution in [3.05, 3.63) is 22.4 Å². The Morgan fingerprint density at radius 1 is 1.50 bits per heavy atom. The molecule has 16 heavy (non-hydrogen) atoms. The number of carbonyl (C=O) groups excluding carboxylic acids is 1. The van der Waals surface area contributed by atoms with Gasteiger partial charge in [0.2, 0.25) is 5.91 Å². The van der Waals surface area contributed by atoms with E-state index in [0.717, 1.165) is 12.1 Å². The zero-order valence-corrected chi connectivity index (χ0v) is 11.1. The second-order valence-corrected chi connectivity index (χ2v) is 6.27. The van der Waals surface area contributed by atoms with Gasteiger partial charge in [-0.2, -0.15) is 0 Å². The minimum Gasteiger partial charge on any atom is -0.324 e. The second-order valence-electron chi connectivity index (χ2n) is 2.88. The minimum absolute atomic E-state index is 0.00546. The van der Waals surface area contributed by atoms with Crippen molar-refractivity contribution in [1.82, 2.24) is 0 Å². The van der Waals surface area contributed by atoms with E-state index in [1.165, 1.54) is 6.92 Å². The van der Waals surface area contributed by atoms with E-state index in [-0.39, 0.29) is 15.1 Å². The normalized spacial score (nSPS) is 11.2. The Hall–Kier alpha value is -0.660. The van der Waals surface area contributed by atoms with Crippen LogP contribution in [0.15, 0.2) is 21.5 Å². The monoisotopic (exact) mass is 329 g/mol. The van der Waals surface area contributed by atoms with Crippen LogP contribution in [0.1, 0.15) is 6.92 Å². The van der Waals surface area contributed by atoms with Gasteiger partial charge in [-0.25, -0.2) is 12.8 Å². The van der Waals surface area contributed by atoms with Crippen LogP contribution < -0.4 is 5.32 Å². The van der Waals surface area contributed by atoms with Crippen molar-refractivity contribution < 1.29 is 17.6 Å². The van der Waals surface area contributed by atoms with Gasteiger partial charge in [0.15, 0.2) is 0 Å². The average Bonchev–Trinajstić information content (AvgIpc) is 2.06. The molecule has 0 aliphatic heterocycles. The molecule has 0 saturated carbocycles. The number of amides is 1. The fourth-order valence-electron chi connectivity index (χ4n) is 1.00. The number of hydrogen-bond donors (Lipinski definition) is 1. The molecule has 1 aromatic rings. The molecule has 0 unspecified atom stereocenters. The highest BCUT2D eigenvalue weighted by Crippen LogP contribution is 2.30. The number of halogens is 3. The van der Waals surface area contributed by atoms with Crippen LogP contribution in [-0.4, -0.2) is 14.3 Å². The van der Waals surface area contributed by atoms with Crippen molar-refractivity contribution in [2.75, 3.05) is 5.32 Å². The zero-order chi connectivity index (χ0) is 12.5. The van der Waals surface area contributed by atoms with Gasteiger partial charge in [0.1, 0.15) is 5.82 Å². The van der Waals surface area contributed by atoms with Crippen molar-refractivity contribution in [3.8, 4) is 0 Å². The lowest BCUT2D eigenvalue weighted by atomic mass is 10.3. The summed E-state index contributed by atoms with van der Waals surface area (Å²) in [7, 11) is 1.13. The Bertz CT molecular complexity index is 546. The second kappa shape index (κ2) is 4.68. The summed E-state index contributed by atoms with van der Waals surface area (Å²) in [6.45, 7) is 1.18. The van der Waals surface area contributed by atoms with Crippen LogP contribution in [0.4, 0.5) is 10.1 Å². The van der Waals surface area contributed by atoms with Crippen molar-refractivity contribution in [2.24, 2.45) is 0 Å². The fourth-order valence-corrected chi connectivity index (χ4v) is 3.17. The molecule has 0 radical (unpaired) electrons. The molecule has 0 aliphatic rings. The van der Waals surface area contributed by atoms with E-state index >= 15 is 0 Å². The molecule has 1 amide bonds. The quantitative estimate of drug-likeness (QED) is 0.847. The minimum atomic E-state index is -4.00. The number of anilines is 1. The summed E-state index contributed by atoms with van der Waals surface area (Å²) < 4.78 is 35.5. The third-order valence-electron chi connectivity index (χ3n) is 1.59. The Balaban J connectivity index is 3.38. The van der Waals surface area contributed by atoms with E-state index in [1.54, 1.807) is 0 Å². The van der Waals surface area contributed by atoms with Gasteiger partial charge in [0.05, 0.1) is 10.6 Å². The van der Waals surface area contributed by atoms with E-state index in [0.29, 0.717) is 0 Å². The molecule has 0 aromatic heterocycles. The van der Waals surface area contributed by atoms with Crippen LogP contribution in [0.25, 0.3) is 0 Å². The van der Waals surface area contributed by atoms with Gasteiger partial charge in [0.25, 0.3) is 9.05 Å². The van der Waals surface area contributed by atoms with Crippen molar-refractivity contribution >= 4 is 47.3 Å². The maximum atomic E-state index is 13.3. The largest absolute Gasteiger partial charge is 0.324 e. The summed E-state index contributed by atoms with van der Waals surface area (Å²) in [5.41, 5.74) is -0.241. The molecule has 88 valence electrons. The maximum absolute atomic E-state index is 13.3. The zero-order valence-electron chi connectivity index (χ0n) is 7.92. The summed E-state index contributed by atoms with van der Waals surface area (Å²) in [5.74, 6) is -1.27. The highest BCUT2D eigenvalue weighted by Gasteiger charge is 2.18. The summed E-state index contributed by atoms with van der Waals surface area (Å²) >= 11 is 2.87. The fraction of sp³-hybridized carbons (Fsp3) is 0.125. The Morgan fingerprint density at radius 2 is 2.06 bits per heavy atom. The van der Waals surface area contributed by atoms with Crippen LogP contribution in [0.2, 0.25) is 0 Å². The third kappa shape index (κ3) is 3.16. The molecule has 0 atom stereocenters. The molecule has 4 nitrogen and oxygen atoms in total. The van der Waals surface area contributed by atoms with Crippen LogP contribution in [-0.2, 0) is 13.8 Å². The molecular weight excluding hydrogens is 325 g/mol. The maximum Gasteiger partial charge on any atom is 0.262 e. The van der Waals surface area contributed by atoms with Gasteiger partial charge in [-0.15, -0.1) is 0 Å². The summed E-state index contributed by atoms with van der Waals surface area (Å²) in [6, 6.07) is 1.86. The number of benzene rings is 1. The molecule has 1 aromatic carbocycles. The van der Waals surface area contributed by atoms with Gasteiger partial charge in [-0.1, -0.05) is 0 Å². The smallest absolute Gasteiger partial charge is 0.262 e. The summed E-state index contributed by atoms with van der Waals surface area (Å²) in [4.78, 5) is 10.4. The first-order valence-electron chi connectivity index (χ1n) is 3.93. The summed E-state index contributed by atoms with van der Waals surface area (Å²) in [5, 5.41) is 2.15. The van der Waals surface area contributed by atoms with Gasteiger partial charge >= 0.3 is 0 Å². The molecule has 1 rings (SSSR count). The average molecular weight is 331 g/mol. The Kier molecular flexibility index (Phi) is 3.92. The molecule has 0 saturated heterocycles. The number of carbonyl (C=O) groups is 1. The van der Waals surface area contributed by atoms with E-state index in [2.05, 4.69) is 21.2 Å². The molecule has 0 bridgehead atoms. The molecule has 0 aliphatic carbocycles. The van der Waals surface area contributed by atoms with Gasteiger partial charge < -0.3 is 5.32 Å². The standard InChI is InChI=1S/C8H6BrClFNO3S/c1-4(13)12-7-3-8(16(10,14)15)5(9)2-6(7)11/h2-3H,1H3,(H,12,13). The molecule has 0 fully saturated rings. The predicted molar refractivity (Wildman–Crippen MR) is 61.4 cm³/mol. The lowest BCUT2D eigenvalue weighted by molar-refractivity contribution is -0.114. The SMILES string of the molecule is CC(=O)Nc1cc(S(=O)(=O)Cl)c(Br)cc1F. The van der Waals surface area contributed by atoms with Gasteiger partial charge in [-0.3, -0.25) is 4.79 Å². The van der Waals surface area contributed by atoms with Crippen molar-refractivity contribution in [1.29, 1.82) is 0 Å². The van der Waals surface area contributed by atoms with E-state index in [9.17, 15) is 17.6 Å². The molecule has 0 heterocycles. The lowest BCUT2D eigenvalue weighted by Gasteiger charge is -2.07. The molecule has 1 N–H and O–H groups in total. The first-order chi connectivity index (χ1) is 7.21. The van der Waals surface area contributed by atoms with Crippen LogP contribution in [0, 0.1) is 5.82 Å². The Labute approximate surface area is 104 Å². The first-order valence-corrected chi connectivity index (χ1v) is 7.03. The number of hydrogen-bond acceptors (Lipinski definition) is 3. The van der Waals surface area contributed by atoms with Crippen LogP contribution >= 0.6 is 26.6 Å². The van der Waals surface area contributed by atoms with E-state index in [1.807, 2.05) is 0 Å². The van der Waals surface area contributed by atoms with E-state index < -0.39 is 20.8 Å². The number of nitrogens with one attached hydrogen (secondary N) is 1. The number of rotatable bonds is 2. The molecular formula is C8H6BrClFNO3S. The van der Waals surface area contributed by atoms with Gasteiger partial charge in [-0.05, 0) is 28.1 Å². The van der Waals surface area contributed by atoms with Crippen LogP contribution in [0.3, 0.4) is 0 Å². The van der Waals surface area contributed by atoms with E-state index in [4.69, 9.17) is 10.7 Å². The lowest BCUT2D eigenvalue weighted by Crippen LogP contribution is -2.08. The molecule has 0 spiro atoms. The van der Waals surface area contributed by atoms with Crippen LogP contribution in [0.5, 0.6) is 0 Å². The van der Waals surface area contributed by atoms with Crippen molar-refractivity contribution in [3.63, 3.8) is 0 Å².